The van der Waals surface area contributed by atoms with Crippen LogP contribution in [0.2, 0.25) is 5.02 Å². The van der Waals surface area contributed by atoms with E-state index in [-0.39, 0.29) is 5.57 Å². The average Bonchev–Trinajstić information content (AvgIpc) is 2.95. The van der Waals surface area contributed by atoms with Crippen LogP contribution in [0.25, 0.3) is 0 Å². The Morgan fingerprint density at radius 2 is 1.57 bits per heavy atom. The van der Waals surface area contributed by atoms with E-state index in [2.05, 4.69) is 11.9 Å². The Morgan fingerprint density at radius 1 is 1.02 bits per heavy atom. The van der Waals surface area contributed by atoms with Gasteiger partial charge in [0.2, 0.25) is 0 Å². The Bertz CT molecular complexity index is 1360. The molecule has 208 valence electrons. The summed E-state index contributed by atoms with van der Waals surface area (Å²) in [6.45, 7) is 4.89. The summed E-state index contributed by atoms with van der Waals surface area (Å²) in [5.74, 6) is -1.87. The molecular formula is C29H27ClN2O7S. The minimum atomic E-state index is -2.62. The first kappa shape index (κ1) is 29.0. The Hall–Kier alpha value is -3.99. The highest BCUT2D eigenvalue weighted by Crippen LogP contribution is 2.32. The van der Waals surface area contributed by atoms with E-state index in [1.165, 1.54) is 6.92 Å². The molecule has 1 aliphatic heterocycles. The van der Waals surface area contributed by atoms with E-state index in [1.807, 2.05) is 36.4 Å². The molecule has 3 aromatic rings. The van der Waals surface area contributed by atoms with Gasteiger partial charge >= 0.3 is 5.97 Å². The van der Waals surface area contributed by atoms with Crippen LogP contribution in [0.15, 0.2) is 97.1 Å². The summed E-state index contributed by atoms with van der Waals surface area (Å²) < 4.78 is 33.6. The van der Waals surface area contributed by atoms with Gasteiger partial charge in [-0.3, -0.25) is 9.59 Å². The van der Waals surface area contributed by atoms with E-state index < -0.39 is 59.0 Å². The molecule has 11 heteroatoms. The van der Waals surface area contributed by atoms with E-state index in [0.29, 0.717) is 21.9 Å². The molecule has 1 heterocycles. The Labute approximate surface area is 239 Å². The summed E-state index contributed by atoms with van der Waals surface area (Å²) in [5, 5.41) is 1.50. The lowest BCUT2D eigenvalue weighted by atomic mass is 9.98. The van der Waals surface area contributed by atoms with Crippen molar-refractivity contribution < 1.29 is 32.6 Å². The number of benzene rings is 3. The molecule has 0 aliphatic carbocycles. The molecule has 1 saturated heterocycles. The van der Waals surface area contributed by atoms with Crippen molar-refractivity contribution in [3.05, 3.63) is 113 Å². The minimum Gasteiger partial charge on any atom is -0.484 e. The summed E-state index contributed by atoms with van der Waals surface area (Å²) >= 11 is 3.22. The number of nitrogens with zero attached hydrogens (tertiary/aromatic N) is 1. The molecule has 9 nitrogen and oxygen atoms in total. The third kappa shape index (κ3) is 6.59. The number of likely N-dealkylation sites (tertiary alicyclic amines) is 1. The van der Waals surface area contributed by atoms with E-state index in [9.17, 15) is 23.1 Å². The zero-order chi connectivity index (χ0) is 28.8. The second kappa shape index (κ2) is 12.9. The molecule has 0 aromatic heterocycles. The lowest BCUT2D eigenvalue weighted by Crippen LogP contribution is -2.75. The highest BCUT2D eigenvalue weighted by Gasteiger charge is 2.56. The number of rotatable bonds is 11. The van der Waals surface area contributed by atoms with Gasteiger partial charge in [0.1, 0.15) is 11.8 Å². The van der Waals surface area contributed by atoms with Gasteiger partial charge in [0.25, 0.3) is 11.8 Å². The molecule has 4 unspecified atom stereocenters. The molecular weight excluding hydrogens is 556 g/mol. The van der Waals surface area contributed by atoms with Crippen molar-refractivity contribution in [1.82, 2.24) is 10.2 Å². The number of esters is 1. The zero-order valence-electron chi connectivity index (χ0n) is 21.4. The van der Waals surface area contributed by atoms with Gasteiger partial charge < -0.3 is 24.2 Å². The van der Waals surface area contributed by atoms with Gasteiger partial charge in [-0.25, -0.2) is 9.00 Å². The first-order valence-corrected chi connectivity index (χ1v) is 13.8. The normalized spacial score (nSPS) is 17.9. The molecule has 0 radical (unpaired) electrons. The maximum atomic E-state index is 13.5. The topological polar surface area (TPSA) is 122 Å². The fourth-order valence-corrected chi connectivity index (χ4v) is 5.28. The van der Waals surface area contributed by atoms with Crippen LogP contribution < -0.4 is 10.1 Å². The van der Waals surface area contributed by atoms with Crippen LogP contribution in [0, 0.1) is 0 Å². The second-order valence-corrected chi connectivity index (χ2v) is 10.6. The van der Waals surface area contributed by atoms with Crippen LogP contribution in [0.1, 0.15) is 24.2 Å². The monoisotopic (exact) mass is 582 g/mol. The van der Waals surface area contributed by atoms with Crippen LogP contribution in [-0.2, 0) is 30.2 Å². The van der Waals surface area contributed by atoms with Gasteiger partial charge in [0.15, 0.2) is 35.2 Å². The zero-order valence-corrected chi connectivity index (χ0v) is 23.0. The van der Waals surface area contributed by atoms with Crippen LogP contribution in [0.3, 0.4) is 0 Å². The molecule has 0 saturated carbocycles. The second-order valence-electron chi connectivity index (χ2n) is 9.09. The van der Waals surface area contributed by atoms with Crippen molar-refractivity contribution in [3.63, 3.8) is 0 Å². The predicted molar refractivity (Wildman–Crippen MR) is 150 cm³/mol. The highest BCUT2D eigenvalue weighted by molar-refractivity contribution is 7.80. The van der Waals surface area contributed by atoms with Gasteiger partial charge in [-0.15, -0.1) is 0 Å². The van der Waals surface area contributed by atoms with Crippen LogP contribution in [-0.4, -0.2) is 55.5 Å². The quantitative estimate of drug-likeness (QED) is 0.152. The molecule has 4 atom stereocenters. The Kier molecular flexibility index (Phi) is 9.36. The van der Waals surface area contributed by atoms with Crippen molar-refractivity contribution in [2.75, 3.05) is 6.61 Å². The van der Waals surface area contributed by atoms with Crippen molar-refractivity contribution in [1.29, 1.82) is 0 Å². The number of carbonyl (C=O) groups excluding carboxylic acids is 3. The summed E-state index contributed by atoms with van der Waals surface area (Å²) in [5.41, 5.74) is 1.63. The highest BCUT2D eigenvalue weighted by atomic mass is 35.5. The number of halogens is 1. The van der Waals surface area contributed by atoms with Crippen LogP contribution in [0.5, 0.6) is 5.75 Å². The summed E-state index contributed by atoms with van der Waals surface area (Å²) in [7, 11) is 0. The molecule has 1 aliphatic rings. The smallest absolute Gasteiger partial charge is 0.334 e. The number of hydrogen-bond donors (Lipinski definition) is 2. The largest absolute Gasteiger partial charge is 0.484 e. The number of ether oxygens (including phenoxy) is 2. The standard InChI is InChI=1S/C29H27ClN2O7S/c1-18(2)25(29(35)39-26(19-9-5-3-6-10-19)20-11-7-4-8-12-20)32-27(34)24(28(32)40(36)37)31-23(33)17-38-22-15-13-21(30)14-16-22/h3-16,24-26,28H,1,17H2,2H3,(H,31,33)(H,36,37). The fraction of sp³-hybridized carbons (Fsp3) is 0.207. The molecule has 4 rings (SSSR count). The third-order valence-electron chi connectivity index (χ3n) is 6.19. The van der Waals surface area contributed by atoms with Gasteiger partial charge in [-0.2, -0.15) is 0 Å². The third-order valence-corrected chi connectivity index (χ3v) is 7.36. The van der Waals surface area contributed by atoms with Gasteiger partial charge in [0.05, 0.1) is 0 Å². The first-order valence-electron chi connectivity index (χ1n) is 12.2. The fourth-order valence-electron chi connectivity index (χ4n) is 4.32. The summed E-state index contributed by atoms with van der Waals surface area (Å²) in [4.78, 5) is 40.1. The van der Waals surface area contributed by atoms with Gasteiger partial charge in [0, 0.05) is 5.02 Å². The van der Waals surface area contributed by atoms with Crippen LogP contribution in [0.4, 0.5) is 0 Å². The molecule has 3 aromatic carbocycles. The molecule has 0 spiro atoms. The molecule has 2 N–H and O–H groups in total. The molecule has 1 fully saturated rings. The summed E-state index contributed by atoms with van der Waals surface area (Å²) in [6.07, 6.45) is -0.799. The number of nitrogens with one attached hydrogen (secondary N) is 1. The van der Waals surface area contributed by atoms with E-state index >= 15 is 0 Å². The molecule has 2 amide bonds. The lowest BCUT2D eigenvalue weighted by molar-refractivity contribution is -0.165. The number of hydrogen-bond acceptors (Lipinski definition) is 6. The van der Waals surface area contributed by atoms with Crippen molar-refractivity contribution in [3.8, 4) is 5.75 Å². The molecule has 0 bridgehead atoms. The van der Waals surface area contributed by atoms with Gasteiger partial charge in [-0.05, 0) is 47.9 Å². The summed E-state index contributed by atoms with van der Waals surface area (Å²) in [6, 6.07) is 21.7. The van der Waals surface area contributed by atoms with Crippen molar-refractivity contribution in [2.24, 2.45) is 0 Å². The predicted octanol–water partition coefficient (Wildman–Crippen LogP) is 3.87. The number of amides is 2. The SMILES string of the molecule is C=C(C)C(C(=O)OC(c1ccccc1)c1ccccc1)N1C(=O)C(NC(=O)COc2ccc(Cl)cc2)C1S(=O)O. The lowest BCUT2D eigenvalue weighted by Gasteiger charge is -2.48. The number of β-lactam (4-membered cyclic amide) rings is 1. The first-order chi connectivity index (χ1) is 19.2. The van der Waals surface area contributed by atoms with Gasteiger partial charge in [-0.1, -0.05) is 78.8 Å². The van der Waals surface area contributed by atoms with Crippen molar-refractivity contribution >= 4 is 40.5 Å². The van der Waals surface area contributed by atoms with Crippen LogP contribution >= 0.6 is 11.6 Å². The van der Waals surface area contributed by atoms with E-state index in [4.69, 9.17) is 21.1 Å². The number of carbonyl (C=O) groups is 3. The maximum Gasteiger partial charge on any atom is 0.334 e. The van der Waals surface area contributed by atoms with Crippen molar-refractivity contribution in [2.45, 2.75) is 30.5 Å². The maximum absolute atomic E-state index is 13.5. The Balaban J connectivity index is 1.49. The Morgan fingerprint density at radius 3 is 2.08 bits per heavy atom. The van der Waals surface area contributed by atoms with E-state index in [0.717, 1.165) is 4.90 Å². The average molecular weight is 583 g/mol. The minimum absolute atomic E-state index is 0.226. The molecule has 40 heavy (non-hydrogen) atoms. The van der Waals surface area contributed by atoms with E-state index in [1.54, 1.807) is 48.5 Å².